The summed E-state index contributed by atoms with van der Waals surface area (Å²) in [4.78, 5) is 4.59. The number of rotatable bonds is 6. The van der Waals surface area contributed by atoms with Crippen LogP contribution in [0.1, 0.15) is 51.9 Å². The third kappa shape index (κ3) is 4.07. The highest BCUT2D eigenvalue weighted by molar-refractivity contribution is 5.16. The van der Waals surface area contributed by atoms with Crippen LogP contribution in [0.3, 0.4) is 0 Å². The summed E-state index contributed by atoms with van der Waals surface area (Å²) >= 11 is 0. The molecule has 1 aliphatic carbocycles. The molecule has 0 saturated heterocycles. The zero-order valence-electron chi connectivity index (χ0n) is 13.0. The average molecular weight is 263 g/mol. The van der Waals surface area contributed by atoms with Crippen LogP contribution in [0.25, 0.3) is 0 Å². The number of imidazole rings is 1. The van der Waals surface area contributed by atoms with Crippen LogP contribution >= 0.6 is 0 Å². The van der Waals surface area contributed by atoms with Gasteiger partial charge in [0, 0.05) is 18.8 Å². The zero-order chi connectivity index (χ0) is 13.9. The lowest BCUT2D eigenvalue weighted by atomic mass is 9.92. The molecule has 0 saturated carbocycles. The Hall–Kier alpha value is -0.830. The van der Waals surface area contributed by atoms with Crippen molar-refractivity contribution >= 4 is 0 Å². The third-order valence-electron chi connectivity index (χ3n) is 3.86. The summed E-state index contributed by atoms with van der Waals surface area (Å²) < 4.78 is 2.39. The normalized spacial score (nSPS) is 15.8. The van der Waals surface area contributed by atoms with E-state index in [9.17, 15) is 0 Å². The quantitative estimate of drug-likeness (QED) is 0.855. The maximum Gasteiger partial charge on any atom is 0.0951 e. The van der Waals surface area contributed by atoms with Gasteiger partial charge in [0.05, 0.1) is 12.0 Å². The van der Waals surface area contributed by atoms with E-state index in [0.29, 0.717) is 0 Å². The van der Waals surface area contributed by atoms with Gasteiger partial charge in [-0.3, -0.25) is 0 Å². The summed E-state index contributed by atoms with van der Waals surface area (Å²) in [5, 5.41) is 3.58. The van der Waals surface area contributed by atoms with Crippen LogP contribution in [-0.2, 0) is 19.4 Å². The molecule has 1 aliphatic rings. The van der Waals surface area contributed by atoms with Crippen LogP contribution in [-0.4, -0.2) is 22.6 Å². The van der Waals surface area contributed by atoms with Gasteiger partial charge in [-0.2, -0.15) is 0 Å². The van der Waals surface area contributed by atoms with E-state index in [1.54, 1.807) is 0 Å². The Morgan fingerprint density at radius 2 is 2.05 bits per heavy atom. The standard InChI is InChI=1S/C16H29N3/c1-13(2)9-17-10-16(3,4)11-19-12-18-14-7-5-6-8-15(14)19/h12-13,17H,5-11H2,1-4H3. The molecular formula is C16H29N3. The number of nitrogens with one attached hydrogen (secondary N) is 1. The number of hydrogen-bond donors (Lipinski definition) is 1. The van der Waals surface area contributed by atoms with Gasteiger partial charge in [-0.15, -0.1) is 0 Å². The van der Waals surface area contributed by atoms with Crippen molar-refractivity contribution in [2.45, 2.75) is 59.9 Å². The maximum atomic E-state index is 4.59. The van der Waals surface area contributed by atoms with Crippen molar-refractivity contribution in [2.75, 3.05) is 13.1 Å². The van der Waals surface area contributed by atoms with E-state index in [4.69, 9.17) is 0 Å². The van der Waals surface area contributed by atoms with Gasteiger partial charge in [-0.1, -0.05) is 27.7 Å². The lowest BCUT2D eigenvalue weighted by molar-refractivity contribution is 0.280. The lowest BCUT2D eigenvalue weighted by Crippen LogP contribution is -2.35. The smallest absolute Gasteiger partial charge is 0.0951 e. The molecule has 3 heteroatoms. The van der Waals surface area contributed by atoms with E-state index in [2.05, 4.69) is 48.9 Å². The lowest BCUT2D eigenvalue weighted by Gasteiger charge is -2.27. The minimum atomic E-state index is 0.279. The molecule has 0 amide bonds. The molecule has 0 atom stereocenters. The summed E-state index contributed by atoms with van der Waals surface area (Å²) in [6.45, 7) is 12.4. The molecular weight excluding hydrogens is 234 g/mol. The van der Waals surface area contributed by atoms with E-state index in [0.717, 1.165) is 25.6 Å². The zero-order valence-corrected chi connectivity index (χ0v) is 13.0. The number of nitrogens with zero attached hydrogens (tertiary/aromatic N) is 2. The third-order valence-corrected chi connectivity index (χ3v) is 3.86. The molecule has 2 rings (SSSR count). The van der Waals surface area contributed by atoms with Gasteiger partial charge < -0.3 is 9.88 Å². The molecule has 1 N–H and O–H groups in total. The van der Waals surface area contributed by atoms with Gasteiger partial charge in [0.2, 0.25) is 0 Å². The molecule has 1 heterocycles. The molecule has 0 fully saturated rings. The monoisotopic (exact) mass is 263 g/mol. The fourth-order valence-electron chi connectivity index (χ4n) is 2.88. The van der Waals surface area contributed by atoms with Crippen LogP contribution in [0.2, 0.25) is 0 Å². The van der Waals surface area contributed by atoms with Crippen LogP contribution in [0, 0.1) is 11.3 Å². The van der Waals surface area contributed by atoms with Gasteiger partial charge in [-0.25, -0.2) is 4.98 Å². The van der Waals surface area contributed by atoms with E-state index >= 15 is 0 Å². The van der Waals surface area contributed by atoms with Crippen LogP contribution < -0.4 is 5.32 Å². The summed E-state index contributed by atoms with van der Waals surface area (Å²) in [6, 6.07) is 0. The van der Waals surface area contributed by atoms with Gasteiger partial charge in [-0.05, 0) is 43.6 Å². The maximum absolute atomic E-state index is 4.59. The number of aromatic nitrogens is 2. The average Bonchev–Trinajstić information content (AvgIpc) is 2.71. The molecule has 0 aliphatic heterocycles. The molecule has 0 radical (unpaired) electrons. The highest BCUT2D eigenvalue weighted by Gasteiger charge is 2.22. The number of fused-ring (bicyclic) bond motifs is 1. The fraction of sp³-hybridized carbons (Fsp3) is 0.812. The predicted molar refractivity (Wildman–Crippen MR) is 80.4 cm³/mol. The number of aryl methyl sites for hydroxylation is 1. The first-order valence-corrected chi connectivity index (χ1v) is 7.71. The van der Waals surface area contributed by atoms with Crippen LogP contribution in [0.15, 0.2) is 6.33 Å². The molecule has 0 unspecified atom stereocenters. The van der Waals surface area contributed by atoms with Gasteiger partial charge in [0.15, 0.2) is 0 Å². The van der Waals surface area contributed by atoms with Crippen LogP contribution in [0.5, 0.6) is 0 Å². The van der Waals surface area contributed by atoms with E-state index in [-0.39, 0.29) is 5.41 Å². The van der Waals surface area contributed by atoms with E-state index in [1.807, 2.05) is 0 Å². The summed E-state index contributed by atoms with van der Waals surface area (Å²) in [7, 11) is 0. The van der Waals surface area contributed by atoms with Crippen molar-refractivity contribution in [3.63, 3.8) is 0 Å². The molecule has 1 aromatic rings. The SMILES string of the molecule is CC(C)CNCC(C)(C)Cn1cnc2c1CCCC2. The van der Waals surface area contributed by atoms with E-state index in [1.165, 1.54) is 37.1 Å². The van der Waals surface area contributed by atoms with Crippen LogP contribution in [0.4, 0.5) is 0 Å². The molecule has 108 valence electrons. The fourth-order valence-corrected chi connectivity index (χ4v) is 2.88. The molecule has 0 spiro atoms. The second-order valence-corrected chi connectivity index (χ2v) is 7.16. The Bertz CT molecular complexity index is 404. The molecule has 1 aromatic heterocycles. The Balaban J connectivity index is 1.93. The van der Waals surface area contributed by atoms with Crippen molar-refractivity contribution < 1.29 is 0 Å². The van der Waals surface area contributed by atoms with Crippen molar-refractivity contribution in [2.24, 2.45) is 11.3 Å². The minimum Gasteiger partial charge on any atom is -0.334 e. The van der Waals surface area contributed by atoms with Gasteiger partial charge >= 0.3 is 0 Å². The second kappa shape index (κ2) is 6.08. The Morgan fingerprint density at radius 3 is 2.79 bits per heavy atom. The van der Waals surface area contributed by atoms with Crippen molar-refractivity contribution in [1.29, 1.82) is 0 Å². The van der Waals surface area contributed by atoms with Gasteiger partial charge in [0.25, 0.3) is 0 Å². The minimum absolute atomic E-state index is 0.279. The molecule has 19 heavy (non-hydrogen) atoms. The molecule has 0 bridgehead atoms. The first-order valence-electron chi connectivity index (χ1n) is 7.71. The number of hydrogen-bond acceptors (Lipinski definition) is 2. The largest absolute Gasteiger partial charge is 0.334 e. The highest BCUT2D eigenvalue weighted by atomic mass is 15.1. The van der Waals surface area contributed by atoms with Crippen molar-refractivity contribution in [3.8, 4) is 0 Å². The van der Waals surface area contributed by atoms with Gasteiger partial charge in [0.1, 0.15) is 0 Å². The summed E-state index contributed by atoms with van der Waals surface area (Å²) in [5.74, 6) is 0.719. The first kappa shape index (κ1) is 14.6. The van der Waals surface area contributed by atoms with E-state index < -0.39 is 0 Å². The molecule has 3 nitrogen and oxygen atoms in total. The summed E-state index contributed by atoms with van der Waals surface area (Å²) in [5.41, 5.74) is 3.11. The second-order valence-electron chi connectivity index (χ2n) is 7.16. The van der Waals surface area contributed by atoms with Crippen molar-refractivity contribution in [3.05, 3.63) is 17.7 Å². The molecule has 0 aromatic carbocycles. The highest BCUT2D eigenvalue weighted by Crippen LogP contribution is 2.24. The Labute approximate surface area is 117 Å². The Kier molecular flexibility index (Phi) is 4.67. The summed E-state index contributed by atoms with van der Waals surface area (Å²) in [6.07, 6.45) is 7.08. The predicted octanol–water partition coefficient (Wildman–Crippen LogP) is 3.03. The Morgan fingerprint density at radius 1 is 1.32 bits per heavy atom. The van der Waals surface area contributed by atoms with Crippen molar-refractivity contribution in [1.82, 2.24) is 14.9 Å². The topological polar surface area (TPSA) is 29.9 Å². The first-order chi connectivity index (χ1) is 8.98.